The molecular formula is C25H23N3O2. The fourth-order valence-corrected chi connectivity index (χ4v) is 4.65. The van der Waals surface area contributed by atoms with E-state index in [1.807, 2.05) is 71.6 Å². The summed E-state index contributed by atoms with van der Waals surface area (Å²) in [6.07, 6.45) is 8.17. The lowest BCUT2D eigenvalue weighted by molar-refractivity contribution is -0.122. The van der Waals surface area contributed by atoms with Crippen molar-refractivity contribution in [2.45, 2.75) is 11.8 Å². The minimum atomic E-state index is -0.650. The second kappa shape index (κ2) is 7.34. The number of hydrogen-bond acceptors (Lipinski definition) is 2. The van der Waals surface area contributed by atoms with E-state index in [1.165, 1.54) is 0 Å². The van der Waals surface area contributed by atoms with Crippen molar-refractivity contribution in [1.82, 2.24) is 9.88 Å². The summed E-state index contributed by atoms with van der Waals surface area (Å²) in [6, 6.07) is 19.8. The van der Waals surface area contributed by atoms with Crippen LogP contribution in [0.25, 0.3) is 6.08 Å². The van der Waals surface area contributed by atoms with Crippen molar-refractivity contribution in [3.05, 3.63) is 95.8 Å². The molecule has 1 fully saturated rings. The number of likely N-dealkylation sites (tertiary alicyclic amines) is 1. The second-order valence-electron chi connectivity index (χ2n) is 7.90. The van der Waals surface area contributed by atoms with Crippen molar-refractivity contribution < 1.29 is 9.59 Å². The highest BCUT2D eigenvalue weighted by Crippen LogP contribution is 2.47. The Hall–Kier alpha value is -3.60. The molecule has 2 aliphatic heterocycles. The molecule has 0 radical (unpaired) electrons. The fourth-order valence-electron chi connectivity index (χ4n) is 4.65. The number of aromatic nitrogens is 1. The van der Waals surface area contributed by atoms with Gasteiger partial charge in [0.1, 0.15) is 0 Å². The average molecular weight is 397 g/mol. The second-order valence-corrected chi connectivity index (χ2v) is 7.90. The Kier molecular flexibility index (Phi) is 4.51. The van der Waals surface area contributed by atoms with Gasteiger partial charge in [0.15, 0.2) is 0 Å². The molecule has 1 saturated heterocycles. The molecule has 150 valence electrons. The predicted octanol–water partition coefficient (Wildman–Crippen LogP) is 3.86. The van der Waals surface area contributed by atoms with Gasteiger partial charge in [-0.25, -0.2) is 0 Å². The summed E-state index contributed by atoms with van der Waals surface area (Å²) in [7, 11) is 0. The molecule has 0 saturated carbocycles. The summed E-state index contributed by atoms with van der Waals surface area (Å²) < 4.78 is 0. The maximum Gasteiger partial charge on any atom is 0.255 e. The maximum atomic E-state index is 13.6. The van der Waals surface area contributed by atoms with Crippen LogP contribution in [0.4, 0.5) is 5.69 Å². The van der Waals surface area contributed by atoms with E-state index in [1.54, 1.807) is 23.4 Å². The Bertz CT molecular complexity index is 1100. The standard InChI is InChI=1S/C25H23N3O2/c29-23(20-12-14-26-17-20)27-16-13-25(18-27)21-10-4-5-11-22(21)28(24(25)30)15-6-9-19-7-2-1-3-8-19/h1-12,14,17,26H,13,15-16,18H2/b9-6+. The van der Waals surface area contributed by atoms with Gasteiger partial charge in [-0.2, -0.15) is 0 Å². The number of H-pyrrole nitrogens is 1. The molecule has 0 aliphatic carbocycles. The van der Waals surface area contributed by atoms with E-state index in [-0.39, 0.29) is 11.8 Å². The largest absolute Gasteiger partial charge is 0.367 e. The monoisotopic (exact) mass is 397 g/mol. The molecule has 2 aromatic carbocycles. The van der Waals surface area contributed by atoms with Crippen LogP contribution >= 0.6 is 0 Å². The summed E-state index contributed by atoms with van der Waals surface area (Å²) >= 11 is 0. The van der Waals surface area contributed by atoms with E-state index in [0.717, 1.165) is 16.8 Å². The first kappa shape index (κ1) is 18.4. The van der Waals surface area contributed by atoms with E-state index in [9.17, 15) is 9.59 Å². The lowest BCUT2D eigenvalue weighted by Crippen LogP contribution is -2.43. The molecule has 1 atom stereocenters. The highest BCUT2D eigenvalue weighted by atomic mass is 16.2. The fraction of sp³-hybridized carbons (Fsp3) is 0.200. The van der Waals surface area contributed by atoms with E-state index in [0.29, 0.717) is 31.6 Å². The molecule has 2 amide bonds. The smallest absolute Gasteiger partial charge is 0.255 e. The number of rotatable bonds is 4. The van der Waals surface area contributed by atoms with Crippen LogP contribution in [0.1, 0.15) is 27.9 Å². The molecule has 5 rings (SSSR count). The number of amides is 2. The van der Waals surface area contributed by atoms with E-state index >= 15 is 0 Å². The SMILES string of the molecule is O=C(c1cc[nH]c1)N1CCC2(C1)C(=O)N(C/C=C/c1ccccc1)c1ccccc12. The van der Waals surface area contributed by atoms with Crippen LogP contribution < -0.4 is 4.90 Å². The zero-order valence-corrected chi connectivity index (χ0v) is 16.6. The third-order valence-electron chi connectivity index (χ3n) is 6.16. The zero-order chi connectivity index (χ0) is 20.6. The normalized spacial score (nSPS) is 20.5. The Morgan fingerprint density at radius 1 is 1.07 bits per heavy atom. The topological polar surface area (TPSA) is 56.4 Å². The van der Waals surface area contributed by atoms with Crippen molar-refractivity contribution in [3.63, 3.8) is 0 Å². The Labute approximate surface area is 175 Å². The Morgan fingerprint density at radius 2 is 1.87 bits per heavy atom. The van der Waals surface area contributed by atoms with Crippen molar-refractivity contribution in [3.8, 4) is 0 Å². The Balaban J connectivity index is 1.41. The number of para-hydroxylation sites is 1. The minimum Gasteiger partial charge on any atom is -0.367 e. The molecule has 30 heavy (non-hydrogen) atoms. The first-order valence-corrected chi connectivity index (χ1v) is 10.2. The van der Waals surface area contributed by atoms with Crippen molar-refractivity contribution in [2.75, 3.05) is 24.5 Å². The van der Waals surface area contributed by atoms with Crippen LogP contribution in [0.2, 0.25) is 0 Å². The van der Waals surface area contributed by atoms with Gasteiger partial charge >= 0.3 is 0 Å². The number of anilines is 1. The van der Waals surface area contributed by atoms with Gasteiger partial charge in [0, 0.05) is 37.7 Å². The summed E-state index contributed by atoms with van der Waals surface area (Å²) in [6.45, 7) is 1.52. The number of aromatic amines is 1. The van der Waals surface area contributed by atoms with Gasteiger partial charge < -0.3 is 14.8 Å². The number of nitrogens with one attached hydrogen (secondary N) is 1. The van der Waals surface area contributed by atoms with Crippen LogP contribution in [0.15, 0.2) is 79.1 Å². The van der Waals surface area contributed by atoms with Gasteiger partial charge in [0.25, 0.3) is 5.91 Å². The average Bonchev–Trinajstić information content (AvgIpc) is 3.52. The first-order chi connectivity index (χ1) is 14.7. The van der Waals surface area contributed by atoms with Crippen LogP contribution in [-0.2, 0) is 10.2 Å². The van der Waals surface area contributed by atoms with Crippen LogP contribution in [0.3, 0.4) is 0 Å². The molecular weight excluding hydrogens is 374 g/mol. The van der Waals surface area contributed by atoms with E-state index < -0.39 is 5.41 Å². The van der Waals surface area contributed by atoms with E-state index in [4.69, 9.17) is 0 Å². The number of fused-ring (bicyclic) bond motifs is 2. The number of hydrogen-bond donors (Lipinski definition) is 1. The van der Waals surface area contributed by atoms with Gasteiger partial charge in [-0.1, -0.05) is 60.7 Å². The molecule has 1 spiro atoms. The molecule has 3 aromatic rings. The third kappa shape index (κ3) is 2.94. The van der Waals surface area contributed by atoms with Gasteiger partial charge in [0.2, 0.25) is 5.91 Å². The predicted molar refractivity (Wildman–Crippen MR) is 117 cm³/mol. The van der Waals surface area contributed by atoms with Gasteiger partial charge in [-0.05, 0) is 29.7 Å². The molecule has 5 heteroatoms. The Morgan fingerprint density at radius 3 is 2.67 bits per heavy atom. The van der Waals surface area contributed by atoms with Crippen LogP contribution in [0, 0.1) is 0 Å². The number of nitrogens with zero attached hydrogens (tertiary/aromatic N) is 2. The quantitative estimate of drug-likeness (QED) is 0.727. The van der Waals surface area contributed by atoms with Crippen LogP contribution in [-0.4, -0.2) is 41.3 Å². The van der Waals surface area contributed by atoms with Crippen LogP contribution in [0.5, 0.6) is 0 Å². The third-order valence-corrected chi connectivity index (χ3v) is 6.16. The zero-order valence-electron chi connectivity index (χ0n) is 16.6. The lowest BCUT2D eigenvalue weighted by atomic mass is 9.81. The number of carbonyl (C=O) groups excluding carboxylic acids is 2. The lowest BCUT2D eigenvalue weighted by Gasteiger charge is -2.24. The molecule has 1 aromatic heterocycles. The molecule has 1 N–H and O–H groups in total. The minimum absolute atomic E-state index is 0.0270. The van der Waals surface area contributed by atoms with Gasteiger partial charge in [-0.15, -0.1) is 0 Å². The molecule has 0 bridgehead atoms. The summed E-state index contributed by atoms with van der Waals surface area (Å²) in [4.78, 5) is 33.1. The van der Waals surface area contributed by atoms with E-state index in [2.05, 4.69) is 4.98 Å². The van der Waals surface area contributed by atoms with Crippen molar-refractivity contribution in [1.29, 1.82) is 0 Å². The summed E-state index contributed by atoms with van der Waals surface area (Å²) in [5.74, 6) is 0.0617. The first-order valence-electron chi connectivity index (χ1n) is 10.2. The molecule has 1 unspecified atom stereocenters. The van der Waals surface area contributed by atoms with Gasteiger partial charge in [0.05, 0.1) is 11.0 Å². The van der Waals surface area contributed by atoms with Gasteiger partial charge in [-0.3, -0.25) is 9.59 Å². The number of benzene rings is 2. The van der Waals surface area contributed by atoms with Crippen molar-refractivity contribution >= 4 is 23.6 Å². The highest BCUT2D eigenvalue weighted by molar-refractivity contribution is 6.09. The molecule has 5 nitrogen and oxygen atoms in total. The molecule has 3 heterocycles. The maximum absolute atomic E-state index is 13.6. The summed E-state index contributed by atoms with van der Waals surface area (Å²) in [5.41, 5.74) is 3.08. The highest BCUT2D eigenvalue weighted by Gasteiger charge is 2.54. The van der Waals surface area contributed by atoms with Crippen molar-refractivity contribution in [2.24, 2.45) is 0 Å². The summed E-state index contributed by atoms with van der Waals surface area (Å²) in [5, 5.41) is 0. The number of carbonyl (C=O) groups is 2. The molecule has 2 aliphatic rings.